The number of hydrogen-bond acceptors (Lipinski definition) is 1. The Labute approximate surface area is 109 Å². The molecule has 2 heterocycles. The fraction of sp³-hybridized carbons (Fsp3) is 0.375. The summed E-state index contributed by atoms with van der Waals surface area (Å²) in [6, 6.07) is 9.00. The average Bonchev–Trinajstić information content (AvgIpc) is 2.74. The molecule has 18 heavy (non-hydrogen) atoms. The van der Waals surface area contributed by atoms with Gasteiger partial charge in [-0.25, -0.2) is 0 Å². The highest BCUT2D eigenvalue weighted by Gasteiger charge is 2.10. The van der Waals surface area contributed by atoms with Gasteiger partial charge in [-0.3, -0.25) is 4.90 Å². The number of nitrogens with zero attached hydrogens (tertiary/aromatic N) is 2. The number of aryl methyl sites for hydroxylation is 1. The number of hydrogen-bond donors (Lipinski definition) is 0. The normalized spacial score (nSPS) is 17.1. The number of fused-ring (bicyclic) bond motifs is 1. The first-order chi connectivity index (χ1) is 8.72. The van der Waals surface area contributed by atoms with E-state index in [1.807, 2.05) is 0 Å². The van der Waals surface area contributed by atoms with E-state index in [2.05, 4.69) is 60.0 Å². The summed E-state index contributed by atoms with van der Waals surface area (Å²) in [5.74, 6) is 0. The van der Waals surface area contributed by atoms with E-state index in [9.17, 15) is 0 Å². The van der Waals surface area contributed by atoms with Gasteiger partial charge >= 0.3 is 0 Å². The van der Waals surface area contributed by atoms with Crippen LogP contribution in [-0.4, -0.2) is 22.6 Å². The van der Waals surface area contributed by atoms with E-state index in [0.29, 0.717) is 0 Å². The first-order valence-electron chi connectivity index (χ1n) is 6.64. The average molecular weight is 240 g/mol. The van der Waals surface area contributed by atoms with Gasteiger partial charge in [-0.2, -0.15) is 0 Å². The molecule has 1 aliphatic heterocycles. The largest absolute Gasteiger partial charge is 0.351 e. The molecule has 3 rings (SSSR count). The van der Waals surface area contributed by atoms with Crippen molar-refractivity contribution in [1.29, 1.82) is 0 Å². The maximum absolute atomic E-state index is 2.51. The fourth-order valence-electron chi connectivity index (χ4n) is 2.64. The van der Waals surface area contributed by atoms with E-state index in [0.717, 1.165) is 13.1 Å². The topological polar surface area (TPSA) is 8.17 Å². The van der Waals surface area contributed by atoms with Crippen molar-refractivity contribution < 1.29 is 0 Å². The second-order valence-electron chi connectivity index (χ2n) is 5.36. The van der Waals surface area contributed by atoms with E-state index in [1.165, 1.54) is 35.0 Å². The summed E-state index contributed by atoms with van der Waals surface area (Å²) >= 11 is 0. The number of aromatic nitrogens is 1. The molecule has 1 aromatic carbocycles. The summed E-state index contributed by atoms with van der Waals surface area (Å²) in [6.07, 6.45) is 5.69. The minimum Gasteiger partial charge on any atom is -0.351 e. The Morgan fingerprint density at radius 2 is 2.11 bits per heavy atom. The predicted octanol–water partition coefficient (Wildman–Crippen LogP) is 3.33. The highest BCUT2D eigenvalue weighted by molar-refractivity contribution is 5.80. The summed E-state index contributed by atoms with van der Waals surface area (Å²) in [5, 5.41) is 1.35. The van der Waals surface area contributed by atoms with Gasteiger partial charge in [-0.05, 0) is 42.5 Å². The SMILES string of the molecule is CC1=CCN(Cc2ccc3c(ccn3C)c2)CC1. The molecule has 1 aliphatic rings. The molecule has 0 fully saturated rings. The highest BCUT2D eigenvalue weighted by atomic mass is 15.1. The molecule has 1 aromatic heterocycles. The van der Waals surface area contributed by atoms with Crippen LogP contribution in [0.5, 0.6) is 0 Å². The van der Waals surface area contributed by atoms with E-state index >= 15 is 0 Å². The Morgan fingerprint density at radius 3 is 2.89 bits per heavy atom. The van der Waals surface area contributed by atoms with Gasteiger partial charge in [0.15, 0.2) is 0 Å². The first-order valence-corrected chi connectivity index (χ1v) is 6.64. The summed E-state index contributed by atoms with van der Waals surface area (Å²) < 4.78 is 2.17. The van der Waals surface area contributed by atoms with E-state index in [4.69, 9.17) is 0 Å². The zero-order chi connectivity index (χ0) is 12.5. The minimum atomic E-state index is 1.06. The van der Waals surface area contributed by atoms with Crippen LogP contribution in [-0.2, 0) is 13.6 Å². The van der Waals surface area contributed by atoms with Gasteiger partial charge in [-0.1, -0.05) is 17.7 Å². The van der Waals surface area contributed by atoms with Crippen LogP contribution in [0.1, 0.15) is 18.9 Å². The van der Waals surface area contributed by atoms with Gasteiger partial charge in [-0.15, -0.1) is 0 Å². The van der Waals surface area contributed by atoms with Crippen molar-refractivity contribution in [2.45, 2.75) is 19.9 Å². The summed E-state index contributed by atoms with van der Waals surface area (Å²) in [7, 11) is 2.10. The van der Waals surface area contributed by atoms with E-state index in [-0.39, 0.29) is 0 Å². The Bertz CT molecular complexity index is 592. The molecular formula is C16H20N2. The van der Waals surface area contributed by atoms with Crippen LogP contribution in [0.25, 0.3) is 10.9 Å². The van der Waals surface area contributed by atoms with Crippen LogP contribution in [0.4, 0.5) is 0 Å². The molecule has 94 valence electrons. The molecule has 0 spiro atoms. The second kappa shape index (κ2) is 4.62. The standard InChI is InChI=1S/C16H20N2/c1-13-5-9-18(10-6-13)12-14-3-4-16-15(11-14)7-8-17(16)2/h3-5,7-8,11H,6,9-10,12H2,1-2H3. The third kappa shape index (κ3) is 2.21. The molecule has 0 amide bonds. The molecule has 0 aliphatic carbocycles. The van der Waals surface area contributed by atoms with Gasteiger partial charge in [0.05, 0.1) is 0 Å². The molecule has 0 atom stereocenters. The molecule has 0 radical (unpaired) electrons. The molecule has 2 nitrogen and oxygen atoms in total. The number of rotatable bonds is 2. The molecule has 2 aromatic rings. The van der Waals surface area contributed by atoms with E-state index in [1.54, 1.807) is 0 Å². The lowest BCUT2D eigenvalue weighted by Gasteiger charge is -2.25. The Balaban J connectivity index is 1.78. The van der Waals surface area contributed by atoms with Crippen molar-refractivity contribution in [1.82, 2.24) is 9.47 Å². The minimum absolute atomic E-state index is 1.06. The van der Waals surface area contributed by atoms with Crippen LogP contribution in [0.3, 0.4) is 0 Å². The van der Waals surface area contributed by atoms with E-state index < -0.39 is 0 Å². The zero-order valence-corrected chi connectivity index (χ0v) is 11.2. The molecule has 0 saturated heterocycles. The smallest absolute Gasteiger partial charge is 0.0477 e. The summed E-state index contributed by atoms with van der Waals surface area (Å²) in [5.41, 5.74) is 4.26. The van der Waals surface area contributed by atoms with Crippen LogP contribution < -0.4 is 0 Å². The third-order valence-electron chi connectivity index (χ3n) is 3.88. The molecule has 0 saturated carbocycles. The third-order valence-corrected chi connectivity index (χ3v) is 3.88. The monoisotopic (exact) mass is 240 g/mol. The van der Waals surface area contributed by atoms with Crippen molar-refractivity contribution in [3.63, 3.8) is 0 Å². The Kier molecular flexibility index (Phi) is 2.96. The molecule has 0 N–H and O–H groups in total. The van der Waals surface area contributed by atoms with Gasteiger partial charge < -0.3 is 4.57 Å². The lowest BCUT2D eigenvalue weighted by Crippen LogP contribution is -2.27. The van der Waals surface area contributed by atoms with Crippen molar-refractivity contribution >= 4 is 10.9 Å². The van der Waals surface area contributed by atoms with Crippen molar-refractivity contribution in [2.24, 2.45) is 7.05 Å². The van der Waals surface area contributed by atoms with Crippen molar-refractivity contribution in [3.8, 4) is 0 Å². The van der Waals surface area contributed by atoms with Gasteiger partial charge in [0.25, 0.3) is 0 Å². The van der Waals surface area contributed by atoms with Gasteiger partial charge in [0.2, 0.25) is 0 Å². The fourth-order valence-corrected chi connectivity index (χ4v) is 2.64. The molecule has 0 bridgehead atoms. The maximum atomic E-state index is 2.51. The molecule has 2 heteroatoms. The van der Waals surface area contributed by atoms with Crippen molar-refractivity contribution in [2.75, 3.05) is 13.1 Å². The molecular weight excluding hydrogens is 220 g/mol. The quantitative estimate of drug-likeness (QED) is 0.731. The van der Waals surface area contributed by atoms with Crippen LogP contribution in [0.2, 0.25) is 0 Å². The number of benzene rings is 1. The van der Waals surface area contributed by atoms with Gasteiger partial charge in [0, 0.05) is 38.4 Å². The van der Waals surface area contributed by atoms with Gasteiger partial charge in [0.1, 0.15) is 0 Å². The predicted molar refractivity (Wildman–Crippen MR) is 76.6 cm³/mol. The lowest BCUT2D eigenvalue weighted by atomic mass is 10.1. The lowest BCUT2D eigenvalue weighted by molar-refractivity contribution is 0.286. The molecule has 0 unspecified atom stereocenters. The first kappa shape index (κ1) is 11.5. The van der Waals surface area contributed by atoms with Crippen LogP contribution >= 0.6 is 0 Å². The van der Waals surface area contributed by atoms with Crippen LogP contribution in [0, 0.1) is 0 Å². The zero-order valence-electron chi connectivity index (χ0n) is 11.2. The maximum Gasteiger partial charge on any atom is 0.0477 e. The van der Waals surface area contributed by atoms with Crippen LogP contribution in [0.15, 0.2) is 42.1 Å². The van der Waals surface area contributed by atoms with Crippen molar-refractivity contribution in [3.05, 3.63) is 47.7 Å². The second-order valence-corrected chi connectivity index (χ2v) is 5.36. The summed E-state index contributed by atoms with van der Waals surface area (Å²) in [4.78, 5) is 2.51. The Hall–Kier alpha value is -1.54. The summed E-state index contributed by atoms with van der Waals surface area (Å²) in [6.45, 7) is 5.58. The highest BCUT2D eigenvalue weighted by Crippen LogP contribution is 2.19. The Morgan fingerprint density at radius 1 is 1.22 bits per heavy atom.